The lowest BCUT2D eigenvalue weighted by molar-refractivity contribution is 0.102. The second-order valence-corrected chi connectivity index (χ2v) is 6.99. The van der Waals surface area contributed by atoms with Crippen molar-refractivity contribution in [1.29, 1.82) is 0 Å². The maximum atomic E-state index is 13.2. The third-order valence-electron chi connectivity index (χ3n) is 3.84. The summed E-state index contributed by atoms with van der Waals surface area (Å²) in [4.78, 5) is 26.1. The molecule has 0 unspecified atom stereocenters. The third kappa shape index (κ3) is 4.09. The van der Waals surface area contributed by atoms with Crippen molar-refractivity contribution in [2.45, 2.75) is 0 Å². The molecule has 4 aromatic rings. The minimum Gasteiger partial charge on any atom is -0.319 e. The SMILES string of the molecule is O=C(Nc1cnc(-n2nccn2)c(Cl)c1)c1ncc(-c2ccc(F)cc2Cl)nc1Cl. The van der Waals surface area contributed by atoms with Crippen LogP contribution in [0.15, 0.2) is 49.1 Å². The maximum absolute atomic E-state index is 13.2. The fraction of sp³-hybridized carbons (Fsp3) is 0. The fourth-order valence-corrected chi connectivity index (χ4v) is 3.24. The van der Waals surface area contributed by atoms with E-state index in [0.717, 1.165) is 6.07 Å². The number of aromatic nitrogens is 6. The van der Waals surface area contributed by atoms with E-state index in [1.807, 2.05) is 0 Å². The van der Waals surface area contributed by atoms with Gasteiger partial charge in [-0.05, 0) is 24.3 Å². The van der Waals surface area contributed by atoms with E-state index < -0.39 is 11.7 Å². The van der Waals surface area contributed by atoms with Crippen molar-refractivity contribution < 1.29 is 9.18 Å². The number of halogens is 4. The van der Waals surface area contributed by atoms with Gasteiger partial charge >= 0.3 is 0 Å². The number of benzene rings is 1. The Labute approximate surface area is 183 Å². The Morgan fingerprint density at radius 3 is 2.43 bits per heavy atom. The molecule has 3 heterocycles. The number of amides is 1. The van der Waals surface area contributed by atoms with Gasteiger partial charge < -0.3 is 5.32 Å². The summed E-state index contributed by atoms with van der Waals surface area (Å²) in [5.74, 6) is -0.800. The Bertz CT molecular complexity index is 1250. The van der Waals surface area contributed by atoms with Gasteiger partial charge in [0.2, 0.25) is 0 Å². The summed E-state index contributed by atoms with van der Waals surface area (Å²) in [5.41, 5.74) is 0.914. The molecular weight excluding hydrogens is 456 g/mol. The van der Waals surface area contributed by atoms with Crippen LogP contribution in [0.4, 0.5) is 10.1 Å². The highest BCUT2D eigenvalue weighted by Gasteiger charge is 2.17. The first-order valence-electron chi connectivity index (χ1n) is 8.24. The van der Waals surface area contributed by atoms with Crippen LogP contribution in [-0.4, -0.2) is 35.9 Å². The van der Waals surface area contributed by atoms with E-state index in [4.69, 9.17) is 34.8 Å². The molecule has 0 atom stereocenters. The van der Waals surface area contributed by atoms with Crippen LogP contribution in [0.2, 0.25) is 15.2 Å². The number of nitrogens with zero attached hydrogens (tertiary/aromatic N) is 6. The highest BCUT2D eigenvalue weighted by Crippen LogP contribution is 2.28. The van der Waals surface area contributed by atoms with E-state index in [-0.39, 0.29) is 20.9 Å². The molecule has 0 aliphatic carbocycles. The zero-order chi connectivity index (χ0) is 21.3. The molecule has 0 bridgehead atoms. The minimum atomic E-state index is -0.618. The van der Waals surface area contributed by atoms with Gasteiger partial charge in [0.25, 0.3) is 5.91 Å². The van der Waals surface area contributed by atoms with E-state index in [9.17, 15) is 9.18 Å². The first-order chi connectivity index (χ1) is 14.4. The number of hydrogen-bond donors (Lipinski definition) is 1. The van der Waals surface area contributed by atoms with Crippen LogP contribution >= 0.6 is 34.8 Å². The smallest absolute Gasteiger partial charge is 0.277 e. The minimum absolute atomic E-state index is 0.118. The Kier molecular flexibility index (Phi) is 5.58. The van der Waals surface area contributed by atoms with Crippen molar-refractivity contribution in [1.82, 2.24) is 29.9 Å². The second kappa shape index (κ2) is 8.31. The molecule has 0 spiro atoms. The number of carbonyl (C=O) groups excluding carboxylic acids is 1. The highest BCUT2D eigenvalue weighted by atomic mass is 35.5. The number of pyridine rings is 1. The van der Waals surface area contributed by atoms with Gasteiger partial charge in [-0.3, -0.25) is 4.79 Å². The van der Waals surface area contributed by atoms with Gasteiger partial charge in [-0.15, -0.1) is 4.80 Å². The van der Waals surface area contributed by atoms with Crippen molar-refractivity contribution in [2.24, 2.45) is 0 Å². The van der Waals surface area contributed by atoms with Gasteiger partial charge in [0.15, 0.2) is 16.7 Å². The molecular formula is C18H9Cl3FN7O. The zero-order valence-electron chi connectivity index (χ0n) is 14.7. The maximum Gasteiger partial charge on any atom is 0.277 e. The van der Waals surface area contributed by atoms with Crippen LogP contribution in [0.3, 0.4) is 0 Å². The Morgan fingerprint density at radius 1 is 1.00 bits per heavy atom. The highest BCUT2D eigenvalue weighted by molar-refractivity contribution is 6.34. The zero-order valence-corrected chi connectivity index (χ0v) is 17.0. The van der Waals surface area contributed by atoms with E-state index >= 15 is 0 Å². The van der Waals surface area contributed by atoms with E-state index in [2.05, 4.69) is 30.5 Å². The van der Waals surface area contributed by atoms with Crippen molar-refractivity contribution in [3.63, 3.8) is 0 Å². The fourth-order valence-electron chi connectivity index (χ4n) is 2.51. The molecule has 150 valence electrons. The summed E-state index contributed by atoms with van der Waals surface area (Å²) < 4.78 is 13.2. The predicted octanol–water partition coefficient (Wildman–Crippen LogP) is 4.47. The van der Waals surface area contributed by atoms with Crippen molar-refractivity contribution in [3.05, 3.63) is 75.8 Å². The summed E-state index contributed by atoms with van der Waals surface area (Å²) in [6, 6.07) is 5.31. The molecule has 8 nitrogen and oxygen atoms in total. The summed E-state index contributed by atoms with van der Waals surface area (Å²) >= 11 is 18.4. The summed E-state index contributed by atoms with van der Waals surface area (Å²) in [6.45, 7) is 0. The van der Waals surface area contributed by atoms with Crippen LogP contribution in [0.5, 0.6) is 0 Å². The average molecular weight is 465 g/mol. The number of carbonyl (C=O) groups is 1. The molecule has 0 radical (unpaired) electrons. The second-order valence-electron chi connectivity index (χ2n) is 5.82. The average Bonchev–Trinajstić information content (AvgIpc) is 3.22. The Balaban J connectivity index is 1.56. The monoisotopic (exact) mass is 463 g/mol. The van der Waals surface area contributed by atoms with E-state index in [0.29, 0.717) is 22.8 Å². The standard InChI is InChI=1S/C18H9Cl3FN7O/c19-12-5-9(22)1-2-11(12)14-8-23-15(16(21)28-14)18(30)27-10-6-13(20)17(24-7-10)29-25-3-4-26-29/h1-8H,(H,27,30). The number of rotatable bonds is 4. The molecule has 1 aromatic carbocycles. The van der Waals surface area contributed by atoms with Gasteiger partial charge in [0.1, 0.15) is 5.82 Å². The molecule has 0 aliphatic rings. The molecule has 0 saturated carbocycles. The van der Waals surface area contributed by atoms with Crippen molar-refractivity contribution in [3.8, 4) is 17.1 Å². The topological polar surface area (TPSA) is 98.5 Å². The largest absolute Gasteiger partial charge is 0.319 e. The molecule has 0 aliphatic heterocycles. The predicted molar refractivity (Wildman–Crippen MR) is 110 cm³/mol. The third-order valence-corrected chi connectivity index (χ3v) is 4.69. The van der Waals surface area contributed by atoms with Crippen molar-refractivity contribution >= 4 is 46.4 Å². The van der Waals surface area contributed by atoms with Crippen LogP contribution in [-0.2, 0) is 0 Å². The lowest BCUT2D eigenvalue weighted by atomic mass is 10.1. The van der Waals surface area contributed by atoms with Crippen LogP contribution in [0.25, 0.3) is 17.1 Å². The summed E-state index contributed by atoms with van der Waals surface area (Å²) in [6.07, 6.45) is 5.67. The molecule has 1 N–H and O–H groups in total. The molecule has 1 amide bonds. The molecule has 0 saturated heterocycles. The van der Waals surface area contributed by atoms with Gasteiger partial charge in [-0.1, -0.05) is 34.8 Å². The molecule has 30 heavy (non-hydrogen) atoms. The first kappa shape index (κ1) is 20.1. The van der Waals surface area contributed by atoms with Crippen LogP contribution in [0.1, 0.15) is 10.5 Å². The van der Waals surface area contributed by atoms with E-state index in [1.54, 1.807) is 0 Å². The van der Waals surface area contributed by atoms with Gasteiger partial charge in [0.05, 0.1) is 46.2 Å². The lowest BCUT2D eigenvalue weighted by Crippen LogP contribution is -2.15. The summed E-state index contributed by atoms with van der Waals surface area (Å²) in [5, 5.41) is 10.7. The van der Waals surface area contributed by atoms with Crippen LogP contribution < -0.4 is 5.32 Å². The van der Waals surface area contributed by atoms with Gasteiger partial charge in [-0.2, -0.15) is 10.2 Å². The quantitative estimate of drug-likeness (QED) is 0.478. The van der Waals surface area contributed by atoms with Gasteiger partial charge in [-0.25, -0.2) is 19.3 Å². The first-order valence-corrected chi connectivity index (χ1v) is 9.37. The number of nitrogens with one attached hydrogen (secondary N) is 1. The van der Waals surface area contributed by atoms with Crippen LogP contribution in [0, 0.1) is 5.82 Å². The molecule has 4 rings (SSSR count). The lowest BCUT2D eigenvalue weighted by Gasteiger charge is -2.09. The van der Waals surface area contributed by atoms with Crippen molar-refractivity contribution in [2.75, 3.05) is 5.32 Å². The Morgan fingerprint density at radius 2 is 1.77 bits per heavy atom. The van der Waals surface area contributed by atoms with Gasteiger partial charge in [0, 0.05) is 5.56 Å². The Hall–Kier alpha value is -3.14. The molecule has 12 heteroatoms. The molecule has 3 aromatic heterocycles. The number of hydrogen-bond acceptors (Lipinski definition) is 6. The van der Waals surface area contributed by atoms with E-state index in [1.165, 1.54) is 47.8 Å². The molecule has 0 fully saturated rings. The summed E-state index contributed by atoms with van der Waals surface area (Å²) in [7, 11) is 0. The normalized spacial score (nSPS) is 10.8. The number of anilines is 1.